The zero-order valence-corrected chi connectivity index (χ0v) is 10.7. The summed E-state index contributed by atoms with van der Waals surface area (Å²) >= 11 is 0. The predicted molar refractivity (Wildman–Crippen MR) is 61.5 cm³/mol. The second-order valence-corrected chi connectivity index (χ2v) is 7.76. The summed E-state index contributed by atoms with van der Waals surface area (Å²) < 4.78 is 22.0. The van der Waals surface area contributed by atoms with E-state index >= 15 is 0 Å². The van der Waals surface area contributed by atoms with Crippen LogP contribution in [0, 0.1) is 5.41 Å². The molecule has 0 aliphatic heterocycles. The molecule has 1 fully saturated rings. The third-order valence-corrected chi connectivity index (χ3v) is 4.79. The number of rotatable bonds is 4. The van der Waals surface area contributed by atoms with Gasteiger partial charge in [-0.15, -0.1) is 0 Å². The lowest BCUT2D eigenvalue weighted by molar-refractivity contribution is -0.0496. The summed E-state index contributed by atoms with van der Waals surface area (Å²) in [7, 11) is -2.89. The van der Waals surface area contributed by atoms with E-state index in [4.69, 9.17) is 0 Å². The zero-order valence-electron chi connectivity index (χ0n) is 9.91. The zero-order chi connectivity index (χ0) is 11.7. The largest absolute Gasteiger partial charge is 0.389 e. The first kappa shape index (κ1) is 13.0. The molecule has 4 heteroatoms. The Morgan fingerprint density at radius 3 is 2.27 bits per heavy atom. The molecule has 0 aromatic carbocycles. The van der Waals surface area contributed by atoms with Gasteiger partial charge in [-0.25, -0.2) is 8.42 Å². The molecular formula is C11H22O3S. The van der Waals surface area contributed by atoms with Crippen LogP contribution in [-0.4, -0.2) is 31.1 Å². The minimum absolute atomic E-state index is 0.0650. The summed E-state index contributed by atoms with van der Waals surface area (Å²) in [5.41, 5.74) is -0.720. The van der Waals surface area contributed by atoms with Crippen molar-refractivity contribution in [2.24, 2.45) is 5.41 Å². The molecule has 0 spiro atoms. The van der Waals surface area contributed by atoms with Crippen molar-refractivity contribution in [1.29, 1.82) is 0 Å². The van der Waals surface area contributed by atoms with Crippen molar-refractivity contribution in [2.45, 2.75) is 51.6 Å². The van der Waals surface area contributed by atoms with Crippen LogP contribution in [0.3, 0.4) is 0 Å². The van der Waals surface area contributed by atoms with Gasteiger partial charge in [0.15, 0.2) is 0 Å². The summed E-state index contributed by atoms with van der Waals surface area (Å²) in [4.78, 5) is 0. The molecule has 1 aliphatic carbocycles. The first-order valence-electron chi connectivity index (χ1n) is 5.56. The van der Waals surface area contributed by atoms with Gasteiger partial charge >= 0.3 is 0 Å². The van der Waals surface area contributed by atoms with Gasteiger partial charge in [-0.2, -0.15) is 0 Å². The molecule has 0 radical (unpaired) electrons. The van der Waals surface area contributed by atoms with Gasteiger partial charge in [0.1, 0.15) is 9.84 Å². The van der Waals surface area contributed by atoms with Crippen LogP contribution in [0.2, 0.25) is 0 Å². The Bertz CT molecular complexity index is 319. The fraction of sp³-hybridized carbons (Fsp3) is 1.00. The Kier molecular flexibility index (Phi) is 3.51. The lowest BCUT2D eigenvalue weighted by Crippen LogP contribution is -2.40. The van der Waals surface area contributed by atoms with Crippen molar-refractivity contribution >= 4 is 9.84 Å². The minimum Gasteiger partial charge on any atom is -0.389 e. The molecule has 0 heterocycles. The Morgan fingerprint density at radius 2 is 1.87 bits per heavy atom. The summed E-state index contributed by atoms with van der Waals surface area (Å²) in [5.74, 6) is 0.186. The van der Waals surface area contributed by atoms with Crippen molar-refractivity contribution in [3.05, 3.63) is 0 Å². The lowest BCUT2D eigenvalue weighted by atomic mass is 9.75. The van der Waals surface area contributed by atoms with Gasteiger partial charge in [0.25, 0.3) is 0 Å². The highest BCUT2D eigenvalue weighted by atomic mass is 32.2. The van der Waals surface area contributed by atoms with E-state index in [1.807, 2.05) is 0 Å². The van der Waals surface area contributed by atoms with Gasteiger partial charge in [-0.3, -0.25) is 0 Å². The van der Waals surface area contributed by atoms with Crippen LogP contribution < -0.4 is 0 Å². The smallest absolute Gasteiger partial charge is 0.147 e. The topological polar surface area (TPSA) is 54.4 Å². The second-order valence-electron chi connectivity index (χ2n) is 5.50. The third kappa shape index (κ3) is 3.18. The first-order chi connectivity index (χ1) is 6.66. The van der Waals surface area contributed by atoms with Crippen LogP contribution in [-0.2, 0) is 9.84 Å². The first-order valence-corrected chi connectivity index (χ1v) is 7.63. The highest BCUT2D eigenvalue weighted by Gasteiger charge is 2.46. The fourth-order valence-electron chi connectivity index (χ4n) is 2.48. The van der Waals surface area contributed by atoms with E-state index in [0.29, 0.717) is 12.8 Å². The molecule has 1 saturated carbocycles. The van der Waals surface area contributed by atoms with E-state index < -0.39 is 15.4 Å². The van der Waals surface area contributed by atoms with E-state index in [1.165, 1.54) is 6.26 Å². The van der Waals surface area contributed by atoms with Crippen LogP contribution in [0.25, 0.3) is 0 Å². The van der Waals surface area contributed by atoms with Gasteiger partial charge in [0.2, 0.25) is 0 Å². The summed E-state index contributed by atoms with van der Waals surface area (Å²) in [5, 5.41) is 10.4. The van der Waals surface area contributed by atoms with Gasteiger partial charge < -0.3 is 5.11 Å². The van der Waals surface area contributed by atoms with Crippen LogP contribution >= 0.6 is 0 Å². The van der Waals surface area contributed by atoms with E-state index in [0.717, 1.165) is 19.3 Å². The van der Waals surface area contributed by atoms with Crippen LogP contribution in [0.15, 0.2) is 0 Å². The number of aliphatic hydroxyl groups is 1. The number of hydrogen-bond acceptors (Lipinski definition) is 3. The molecule has 90 valence electrons. The Labute approximate surface area is 92.8 Å². The molecule has 1 N–H and O–H groups in total. The molecule has 1 unspecified atom stereocenters. The van der Waals surface area contributed by atoms with Crippen LogP contribution in [0.4, 0.5) is 0 Å². The Hall–Kier alpha value is -0.0900. The monoisotopic (exact) mass is 234 g/mol. The van der Waals surface area contributed by atoms with E-state index in [-0.39, 0.29) is 11.2 Å². The summed E-state index contributed by atoms with van der Waals surface area (Å²) in [6.07, 6.45) is 5.30. The molecule has 0 saturated heterocycles. The third-order valence-electron chi connectivity index (χ3n) is 3.76. The molecule has 0 bridgehead atoms. The number of sulfone groups is 1. The molecule has 1 aliphatic rings. The van der Waals surface area contributed by atoms with Crippen LogP contribution in [0.1, 0.15) is 46.0 Å². The fourth-order valence-corrected chi connectivity index (χ4v) is 3.15. The molecule has 0 aromatic heterocycles. The van der Waals surface area contributed by atoms with Crippen molar-refractivity contribution in [1.82, 2.24) is 0 Å². The maximum absolute atomic E-state index is 11.0. The van der Waals surface area contributed by atoms with Gasteiger partial charge in [-0.1, -0.05) is 13.8 Å². The maximum atomic E-state index is 11.0. The highest BCUT2D eigenvalue weighted by molar-refractivity contribution is 7.90. The molecule has 15 heavy (non-hydrogen) atoms. The Morgan fingerprint density at radius 1 is 1.27 bits per heavy atom. The van der Waals surface area contributed by atoms with Crippen molar-refractivity contribution < 1.29 is 13.5 Å². The standard InChI is InChI=1S/C11H22O3S/c1-10(2)6-4-7-11(10,12)8-5-9-15(3,13)14/h12H,4-9H2,1-3H3. The van der Waals surface area contributed by atoms with E-state index in [9.17, 15) is 13.5 Å². The molecule has 3 nitrogen and oxygen atoms in total. The molecular weight excluding hydrogens is 212 g/mol. The normalized spacial score (nSPS) is 30.7. The van der Waals surface area contributed by atoms with Crippen molar-refractivity contribution in [3.63, 3.8) is 0 Å². The second kappa shape index (κ2) is 4.06. The van der Waals surface area contributed by atoms with Crippen molar-refractivity contribution in [3.8, 4) is 0 Å². The predicted octanol–water partition coefficient (Wildman–Crippen LogP) is 1.75. The van der Waals surface area contributed by atoms with E-state index in [2.05, 4.69) is 13.8 Å². The van der Waals surface area contributed by atoms with Gasteiger partial charge in [0.05, 0.1) is 5.60 Å². The van der Waals surface area contributed by atoms with E-state index in [1.54, 1.807) is 0 Å². The molecule has 0 aromatic rings. The average Bonchev–Trinajstić information content (AvgIpc) is 2.24. The van der Waals surface area contributed by atoms with Crippen LogP contribution in [0.5, 0.6) is 0 Å². The molecule has 1 atom stereocenters. The molecule has 0 amide bonds. The molecule has 1 rings (SSSR count). The number of hydrogen-bond donors (Lipinski definition) is 1. The minimum atomic E-state index is -2.89. The Balaban J connectivity index is 2.51. The average molecular weight is 234 g/mol. The van der Waals surface area contributed by atoms with Gasteiger partial charge in [0, 0.05) is 12.0 Å². The van der Waals surface area contributed by atoms with Crippen molar-refractivity contribution in [2.75, 3.05) is 12.0 Å². The maximum Gasteiger partial charge on any atom is 0.147 e. The quantitative estimate of drug-likeness (QED) is 0.806. The summed E-state index contributed by atoms with van der Waals surface area (Å²) in [6, 6.07) is 0. The van der Waals surface area contributed by atoms with Gasteiger partial charge in [-0.05, 0) is 37.5 Å². The SMILES string of the molecule is CC1(C)CCCC1(O)CCCS(C)(=O)=O. The highest BCUT2D eigenvalue weighted by Crippen LogP contribution is 2.48. The lowest BCUT2D eigenvalue weighted by Gasteiger charge is -2.36. The summed E-state index contributed by atoms with van der Waals surface area (Å²) in [6.45, 7) is 4.14.